The molecule has 0 aliphatic heterocycles. The molecule has 2 N–H and O–H groups in total. The first-order valence-electron chi connectivity index (χ1n) is 5.25. The fourth-order valence-corrected chi connectivity index (χ4v) is 1.66. The van der Waals surface area contributed by atoms with Gasteiger partial charge in [0.2, 0.25) is 0 Å². The number of hydrogen-bond donors (Lipinski definition) is 1. The van der Waals surface area contributed by atoms with E-state index in [4.69, 9.17) is 5.73 Å². The van der Waals surface area contributed by atoms with Crippen molar-refractivity contribution >= 4 is 5.69 Å². The summed E-state index contributed by atoms with van der Waals surface area (Å²) in [4.78, 5) is 8.67. The van der Waals surface area contributed by atoms with E-state index in [-0.39, 0.29) is 0 Å². The first-order valence-corrected chi connectivity index (χ1v) is 5.25. The highest BCUT2D eigenvalue weighted by molar-refractivity contribution is 5.66. The molecular formula is C13H15N3. The van der Waals surface area contributed by atoms with Gasteiger partial charge in [-0.15, -0.1) is 0 Å². The van der Waals surface area contributed by atoms with Gasteiger partial charge in [0.15, 0.2) is 0 Å². The van der Waals surface area contributed by atoms with Crippen LogP contribution in [0.25, 0.3) is 11.3 Å². The van der Waals surface area contributed by atoms with Crippen LogP contribution in [0.5, 0.6) is 0 Å². The van der Waals surface area contributed by atoms with Crippen LogP contribution in [0.2, 0.25) is 0 Å². The van der Waals surface area contributed by atoms with Gasteiger partial charge >= 0.3 is 0 Å². The van der Waals surface area contributed by atoms with Crippen LogP contribution in [0.4, 0.5) is 5.69 Å². The minimum Gasteiger partial charge on any atom is -0.398 e. The van der Waals surface area contributed by atoms with Crippen molar-refractivity contribution in [3.63, 3.8) is 0 Å². The van der Waals surface area contributed by atoms with Crippen LogP contribution in [-0.4, -0.2) is 9.97 Å². The summed E-state index contributed by atoms with van der Waals surface area (Å²) in [6, 6.07) is 7.97. The molecule has 0 atom stereocenters. The zero-order valence-corrected chi connectivity index (χ0v) is 9.78. The molecule has 82 valence electrons. The topological polar surface area (TPSA) is 51.8 Å². The highest BCUT2D eigenvalue weighted by atomic mass is 14.9. The number of nitrogen functional groups attached to an aromatic ring is 1. The number of hydrogen-bond acceptors (Lipinski definition) is 3. The van der Waals surface area contributed by atoms with E-state index in [9.17, 15) is 0 Å². The molecule has 0 bridgehead atoms. The molecule has 0 radical (unpaired) electrons. The predicted octanol–water partition coefficient (Wildman–Crippen LogP) is 2.65. The van der Waals surface area contributed by atoms with Crippen LogP contribution in [-0.2, 0) is 0 Å². The molecule has 0 saturated carbocycles. The maximum Gasteiger partial charge on any atom is 0.126 e. The van der Waals surface area contributed by atoms with Crippen molar-refractivity contribution in [3.8, 4) is 11.3 Å². The van der Waals surface area contributed by atoms with E-state index < -0.39 is 0 Å². The standard InChI is InChI=1S/C13H15N3/c1-8-4-5-11(7-12(8)14)13-6-9(2)15-10(3)16-13/h4-7H,14H2,1-3H3. The third-order valence-electron chi connectivity index (χ3n) is 2.54. The second kappa shape index (κ2) is 3.93. The number of anilines is 1. The summed E-state index contributed by atoms with van der Waals surface area (Å²) >= 11 is 0. The van der Waals surface area contributed by atoms with E-state index in [1.165, 1.54) is 0 Å². The van der Waals surface area contributed by atoms with Gasteiger partial charge in [-0.05, 0) is 38.5 Å². The van der Waals surface area contributed by atoms with Gasteiger partial charge in [0.05, 0.1) is 5.69 Å². The third kappa shape index (κ3) is 2.03. The maximum atomic E-state index is 5.89. The molecule has 1 aromatic heterocycles. The lowest BCUT2D eigenvalue weighted by Gasteiger charge is -2.06. The Hall–Kier alpha value is -1.90. The molecule has 0 fully saturated rings. The Bertz CT molecular complexity index is 512. The Balaban J connectivity index is 2.54. The van der Waals surface area contributed by atoms with Gasteiger partial charge in [-0.1, -0.05) is 12.1 Å². The van der Waals surface area contributed by atoms with E-state index in [0.717, 1.165) is 34.0 Å². The smallest absolute Gasteiger partial charge is 0.126 e. The van der Waals surface area contributed by atoms with Gasteiger partial charge in [-0.25, -0.2) is 9.97 Å². The minimum atomic E-state index is 0.786. The van der Waals surface area contributed by atoms with Gasteiger partial charge in [-0.3, -0.25) is 0 Å². The quantitative estimate of drug-likeness (QED) is 0.741. The van der Waals surface area contributed by atoms with Crippen LogP contribution < -0.4 is 5.73 Å². The lowest BCUT2D eigenvalue weighted by molar-refractivity contribution is 1.02. The zero-order valence-electron chi connectivity index (χ0n) is 9.78. The summed E-state index contributed by atoms with van der Waals surface area (Å²) < 4.78 is 0. The monoisotopic (exact) mass is 213 g/mol. The first-order chi connectivity index (χ1) is 7.56. The number of rotatable bonds is 1. The van der Waals surface area contributed by atoms with E-state index in [2.05, 4.69) is 9.97 Å². The number of benzene rings is 1. The Morgan fingerprint density at radius 1 is 1.00 bits per heavy atom. The summed E-state index contributed by atoms with van der Waals surface area (Å²) in [5, 5.41) is 0. The third-order valence-corrected chi connectivity index (χ3v) is 2.54. The number of aryl methyl sites for hydroxylation is 3. The number of aromatic nitrogens is 2. The van der Waals surface area contributed by atoms with Crippen molar-refractivity contribution in [1.29, 1.82) is 0 Å². The van der Waals surface area contributed by atoms with Crippen molar-refractivity contribution in [1.82, 2.24) is 9.97 Å². The Kier molecular flexibility index (Phi) is 2.60. The van der Waals surface area contributed by atoms with Crippen molar-refractivity contribution in [2.75, 3.05) is 5.73 Å². The van der Waals surface area contributed by atoms with Crippen molar-refractivity contribution in [3.05, 3.63) is 41.3 Å². The molecule has 0 amide bonds. The average molecular weight is 213 g/mol. The van der Waals surface area contributed by atoms with Crippen LogP contribution in [0.3, 0.4) is 0 Å². The van der Waals surface area contributed by atoms with Crippen LogP contribution >= 0.6 is 0 Å². The predicted molar refractivity (Wildman–Crippen MR) is 66.1 cm³/mol. The largest absolute Gasteiger partial charge is 0.398 e. The second-order valence-corrected chi connectivity index (χ2v) is 4.01. The summed E-state index contributed by atoms with van der Waals surface area (Å²) in [6.07, 6.45) is 0. The molecule has 0 saturated heterocycles. The normalized spacial score (nSPS) is 10.4. The van der Waals surface area contributed by atoms with Crippen LogP contribution in [0, 0.1) is 20.8 Å². The summed E-state index contributed by atoms with van der Waals surface area (Å²) in [6.45, 7) is 5.86. The molecule has 2 aromatic rings. The molecule has 0 unspecified atom stereocenters. The Labute approximate surface area is 95.4 Å². The van der Waals surface area contributed by atoms with Crippen LogP contribution in [0.15, 0.2) is 24.3 Å². The Morgan fingerprint density at radius 3 is 2.38 bits per heavy atom. The highest BCUT2D eigenvalue weighted by Crippen LogP contribution is 2.22. The van der Waals surface area contributed by atoms with Gasteiger partial charge in [0.1, 0.15) is 5.82 Å². The fourth-order valence-electron chi connectivity index (χ4n) is 1.66. The van der Waals surface area contributed by atoms with E-state index >= 15 is 0 Å². The second-order valence-electron chi connectivity index (χ2n) is 4.01. The maximum absolute atomic E-state index is 5.89. The van der Waals surface area contributed by atoms with Gasteiger partial charge < -0.3 is 5.73 Å². The van der Waals surface area contributed by atoms with Crippen molar-refractivity contribution < 1.29 is 0 Å². The molecule has 1 aromatic carbocycles. The lowest BCUT2D eigenvalue weighted by atomic mass is 10.1. The molecule has 0 spiro atoms. The molecule has 2 rings (SSSR count). The molecule has 3 nitrogen and oxygen atoms in total. The summed E-state index contributed by atoms with van der Waals surface area (Å²) in [5.74, 6) is 0.786. The SMILES string of the molecule is Cc1cc(-c2ccc(C)c(N)c2)nc(C)n1. The molecule has 1 heterocycles. The van der Waals surface area contributed by atoms with Crippen molar-refractivity contribution in [2.45, 2.75) is 20.8 Å². The first kappa shape index (κ1) is 10.6. The summed E-state index contributed by atoms with van der Waals surface area (Å²) in [5.41, 5.74) is 10.7. The van der Waals surface area contributed by atoms with Gasteiger partial charge in [0, 0.05) is 16.9 Å². The molecular weight excluding hydrogens is 198 g/mol. The average Bonchev–Trinajstić information content (AvgIpc) is 2.20. The lowest BCUT2D eigenvalue weighted by Crippen LogP contribution is -1.95. The van der Waals surface area contributed by atoms with Crippen molar-refractivity contribution in [2.24, 2.45) is 0 Å². The fraction of sp³-hybridized carbons (Fsp3) is 0.231. The summed E-state index contributed by atoms with van der Waals surface area (Å²) in [7, 11) is 0. The molecule has 0 aliphatic rings. The molecule has 0 aliphatic carbocycles. The van der Waals surface area contributed by atoms with Gasteiger partial charge in [-0.2, -0.15) is 0 Å². The molecule has 16 heavy (non-hydrogen) atoms. The van der Waals surface area contributed by atoms with E-state index in [0.29, 0.717) is 0 Å². The van der Waals surface area contributed by atoms with Gasteiger partial charge in [0.25, 0.3) is 0 Å². The Morgan fingerprint density at radius 2 is 1.75 bits per heavy atom. The zero-order chi connectivity index (χ0) is 11.7. The molecule has 3 heteroatoms. The van der Waals surface area contributed by atoms with E-state index in [1.807, 2.05) is 45.0 Å². The minimum absolute atomic E-state index is 0.786. The van der Waals surface area contributed by atoms with Crippen LogP contribution in [0.1, 0.15) is 17.1 Å². The number of nitrogens with two attached hydrogens (primary N) is 1. The number of nitrogens with zero attached hydrogens (tertiary/aromatic N) is 2. The van der Waals surface area contributed by atoms with E-state index in [1.54, 1.807) is 0 Å². The highest BCUT2D eigenvalue weighted by Gasteiger charge is 2.03.